The van der Waals surface area contributed by atoms with Crippen LogP contribution >= 0.6 is 0 Å². The summed E-state index contributed by atoms with van der Waals surface area (Å²) in [6.07, 6.45) is 2.91. The van der Waals surface area contributed by atoms with Gasteiger partial charge < -0.3 is 9.47 Å². The molecule has 4 nitrogen and oxygen atoms in total. The van der Waals surface area contributed by atoms with Crippen molar-refractivity contribution in [2.75, 3.05) is 39.5 Å². The van der Waals surface area contributed by atoms with Gasteiger partial charge in [0.1, 0.15) is 5.75 Å². The predicted octanol–water partition coefficient (Wildman–Crippen LogP) is 3.77. The van der Waals surface area contributed by atoms with Gasteiger partial charge in [0, 0.05) is 37.3 Å². The Bertz CT molecular complexity index is 679. The van der Waals surface area contributed by atoms with Gasteiger partial charge in [0.25, 0.3) is 0 Å². The smallest absolute Gasteiger partial charge is 0.124 e. The first kappa shape index (κ1) is 17.2. The monoisotopic (exact) mass is 328 g/mol. The summed E-state index contributed by atoms with van der Waals surface area (Å²) in [6.45, 7) is 12.2. The molecule has 1 aliphatic heterocycles. The van der Waals surface area contributed by atoms with E-state index < -0.39 is 0 Å². The second-order valence-corrected chi connectivity index (χ2v) is 6.85. The maximum Gasteiger partial charge on any atom is 0.124 e. The number of pyridine rings is 1. The standard InChI is InChI=1S/C20H28N2O2/c1-15(2)17-13-18-16(3)5-6-21-19(18)14-20(17)24-10-4-7-22-8-11-23-12-9-22/h5-6,13-15H,4,7-12H2,1-3H3. The Morgan fingerprint density at radius 1 is 1.25 bits per heavy atom. The van der Waals surface area contributed by atoms with E-state index in [4.69, 9.17) is 9.47 Å². The summed E-state index contributed by atoms with van der Waals surface area (Å²) < 4.78 is 11.5. The molecule has 0 unspecified atom stereocenters. The Balaban J connectivity index is 1.67. The zero-order valence-electron chi connectivity index (χ0n) is 15.0. The van der Waals surface area contributed by atoms with Crippen LogP contribution in [-0.2, 0) is 4.74 Å². The van der Waals surface area contributed by atoms with Crippen LogP contribution in [0, 0.1) is 6.92 Å². The topological polar surface area (TPSA) is 34.6 Å². The maximum absolute atomic E-state index is 6.14. The van der Waals surface area contributed by atoms with E-state index in [1.165, 1.54) is 16.5 Å². The molecule has 130 valence electrons. The van der Waals surface area contributed by atoms with Gasteiger partial charge in [0.2, 0.25) is 0 Å². The van der Waals surface area contributed by atoms with Gasteiger partial charge in [-0.15, -0.1) is 0 Å². The number of rotatable bonds is 6. The second-order valence-electron chi connectivity index (χ2n) is 6.85. The fourth-order valence-electron chi connectivity index (χ4n) is 3.20. The molecule has 0 bridgehead atoms. The van der Waals surface area contributed by atoms with Crippen molar-refractivity contribution in [3.8, 4) is 5.75 Å². The highest BCUT2D eigenvalue weighted by Crippen LogP contribution is 2.32. The highest BCUT2D eigenvalue weighted by Gasteiger charge is 2.13. The largest absolute Gasteiger partial charge is 0.493 e. The molecule has 0 spiro atoms. The zero-order valence-corrected chi connectivity index (χ0v) is 15.0. The van der Waals surface area contributed by atoms with Gasteiger partial charge in [0.15, 0.2) is 0 Å². The SMILES string of the molecule is Cc1ccnc2cc(OCCCN3CCOCC3)c(C(C)C)cc12. The van der Waals surface area contributed by atoms with E-state index in [2.05, 4.69) is 48.9 Å². The Labute approximate surface area is 144 Å². The van der Waals surface area contributed by atoms with E-state index in [-0.39, 0.29) is 0 Å². The van der Waals surface area contributed by atoms with Gasteiger partial charge in [-0.3, -0.25) is 9.88 Å². The first-order chi connectivity index (χ1) is 11.6. The molecular weight excluding hydrogens is 300 g/mol. The lowest BCUT2D eigenvalue weighted by Crippen LogP contribution is -2.37. The van der Waals surface area contributed by atoms with Crippen molar-refractivity contribution in [2.24, 2.45) is 0 Å². The third-order valence-corrected chi connectivity index (χ3v) is 4.69. The molecule has 1 aromatic carbocycles. The molecule has 2 heterocycles. The third kappa shape index (κ3) is 4.05. The molecule has 24 heavy (non-hydrogen) atoms. The molecule has 0 saturated carbocycles. The first-order valence-electron chi connectivity index (χ1n) is 8.97. The zero-order chi connectivity index (χ0) is 16.9. The van der Waals surface area contributed by atoms with E-state index in [1.807, 2.05) is 6.20 Å². The molecule has 4 heteroatoms. The molecule has 3 rings (SSSR count). The van der Waals surface area contributed by atoms with Gasteiger partial charge in [-0.1, -0.05) is 13.8 Å². The summed E-state index contributed by atoms with van der Waals surface area (Å²) in [5.74, 6) is 1.42. The number of aromatic nitrogens is 1. The molecule has 0 amide bonds. The Morgan fingerprint density at radius 2 is 2.04 bits per heavy atom. The van der Waals surface area contributed by atoms with Crippen molar-refractivity contribution in [1.29, 1.82) is 0 Å². The molecule has 1 fully saturated rings. The minimum absolute atomic E-state index is 0.434. The maximum atomic E-state index is 6.14. The van der Waals surface area contributed by atoms with Crippen molar-refractivity contribution >= 4 is 10.9 Å². The fourth-order valence-corrected chi connectivity index (χ4v) is 3.20. The van der Waals surface area contributed by atoms with Gasteiger partial charge in [-0.2, -0.15) is 0 Å². The summed E-state index contributed by atoms with van der Waals surface area (Å²) >= 11 is 0. The van der Waals surface area contributed by atoms with Crippen LogP contribution in [0.15, 0.2) is 24.4 Å². The van der Waals surface area contributed by atoms with Crippen molar-refractivity contribution < 1.29 is 9.47 Å². The average Bonchev–Trinajstić information content (AvgIpc) is 2.59. The van der Waals surface area contributed by atoms with Gasteiger partial charge in [0.05, 0.1) is 25.3 Å². The van der Waals surface area contributed by atoms with Crippen molar-refractivity contribution in [3.63, 3.8) is 0 Å². The van der Waals surface area contributed by atoms with Crippen LogP contribution < -0.4 is 4.74 Å². The minimum atomic E-state index is 0.434. The van der Waals surface area contributed by atoms with Gasteiger partial charge >= 0.3 is 0 Å². The highest BCUT2D eigenvalue weighted by atomic mass is 16.5. The number of hydrogen-bond donors (Lipinski definition) is 0. The number of fused-ring (bicyclic) bond motifs is 1. The molecule has 0 radical (unpaired) electrons. The molecule has 1 aliphatic rings. The van der Waals surface area contributed by atoms with Gasteiger partial charge in [-0.05, 0) is 42.5 Å². The Morgan fingerprint density at radius 3 is 2.79 bits per heavy atom. The van der Waals surface area contributed by atoms with E-state index >= 15 is 0 Å². The van der Waals surface area contributed by atoms with Crippen LogP contribution in [0.1, 0.15) is 37.3 Å². The van der Waals surface area contributed by atoms with Crippen LogP contribution in [0.2, 0.25) is 0 Å². The predicted molar refractivity (Wildman–Crippen MR) is 97.9 cm³/mol. The van der Waals surface area contributed by atoms with Crippen molar-refractivity contribution in [1.82, 2.24) is 9.88 Å². The lowest BCUT2D eigenvalue weighted by Gasteiger charge is -2.26. The molecule has 0 atom stereocenters. The summed E-state index contributed by atoms with van der Waals surface area (Å²) in [4.78, 5) is 6.95. The molecule has 1 saturated heterocycles. The number of morpholine rings is 1. The molecule has 2 aromatic rings. The van der Waals surface area contributed by atoms with Crippen LogP contribution in [-0.4, -0.2) is 49.3 Å². The van der Waals surface area contributed by atoms with Crippen LogP contribution in [0.5, 0.6) is 5.75 Å². The van der Waals surface area contributed by atoms with Crippen LogP contribution in [0.25, 0.3) is 10.9 Å². The summed E-state index contributed by atoms with van der Waals surface area (Å²) in [5, 5.41) is 1.22. The molecule has 1 aromatic heterocycles. The Hall–Kier alpha value is -1.65. The lowest BCUT2D eigenvalue weighted by atomic mass is 9.98. The van der Waals surface area contributed by atoms with Gasteiger partial charge in [-0.25, -0.2) is 0 Å². The van der Waals surface area contributed by atoms with E-state index in [9.17, 15) is 0 Å². The minimum Gasteiger partial charge on any atom is -0.493 e. The second kappa shape index (κ2) is 7.95. The summed E-state index contributed by atoms with van der Waals surface area (Å²) in [6, 6.07) is 6.42. The number of hydrogen-bond acceptors (Lipinski definition) is 4. The molecule has 0 aliphatic carbocycles. The first-order valence-corrected chi connectivity index (χ1v) is 8.97. The summed E-state index contributed by atoms with van der Waals surface area (Å²) in [7, 11) is 0. The van der Waals surface area contributed by atoms with Crippen LogP contribution in [0.4, 0.5) is 0 Å². The summed E-state index contributed by atoms with van der Waals surface area (Å²) in [5.41, 5.74) is 3.55. The van der Waals surface area contributed by atoms with E-state index in [1.54, 1.807) is 0 Å². The molecular formula is C20H28N2O2. The fraction of sp³-hybridized carbons (Fsp3) is 0.550. The molecule has 0 N–H and O–H groups in total. The van der Waals surface area contributed by atoms with Crippen molar-refractivity contribution in [3.05, 3.63) is 35.5 Å². The quantitative estimate of drug-likeness (QED) is 0.756. The Kier molecular flexibility index (Phi) is 5.69. The van der Waals surface area contributed by atoms with Crippen molar-refractivity contribution in [2.45, 2.75) is 33.1 Å². The number of ether oxygens (including phenoxy) is 2. The highest BCUT2D eigenvalue weighted by molar-refractivity contribution is 5.84. The normalized spacial score (nSPS) is 16.0. The number of benzene rings is 1. The lowest BCUT2D eigenvalue weighted by molar-refractivity contribution is 0.0358. The van der Waals surface area contributed by atoms with Crippen LogP contribution in [0.3, 0.4) is 0 Å². The third-order valence-electron chi connectivity index (χ3n) is 4.69. The average molecular weight is 328 g/mol. The van der Waals surface area contributed by atoms with E-state index in [0.717, 1.165) is 57.1 Å². The number of nitrogens with zero attached hydrogens (tertiary/aromatic N) is 2. The number of aryl methyl sites for hydroxylation is 1. The van der Waals surface area contributed by atoms with E-state index in [0.29, 0.717) is 5.92 Å².